The third kappa shape index (κ3) is 9.37. The molecule has 8 amide bonds. The Hall–Kier alpha value is -9.61. The Bertz CT molecular complexity index is 3560. The summed E-state index contributed by atoms with van der Waals surface area (Å²) in [4.78, 5) is 132. The van der Waals surface area contributed by atoms with E-state index in [1.807, 2.05) is 13.8 Å². The highest BCUT2D eigenvalue weighted by molar-refractivity contribution is 7.89. The molecule has 0 radical (unpaired) electrons. The number of sulfone groups is 1. The van der Waals surface area contributed by atoms with Crippen molar-refractivity contribution in [3.63, 3.8) is 0 Å². The number of para-hydroxylation sites is 3. The highest BCUT2D eigenvalue weighted by Crippen LogP contribution is 2.33. The van der Waals surface area contributed by atoms with Crippen molar-refractivity contribution < 1.29 is 56.4 Å². The van der Waals surface area contributed by atoms with Crippen LogP contribution in [0.25, 0.3) is 0 Å². The summed E-state index contributed by atoms with van der Waals surface area (Å²) >= 11 is 0. The predicted octanol–water partition coefficient (Wildman–Crippen LogP) is 8.15. The van der Waals surface area contributed by atoms with E-state index in [9.17, 15) is 56.4 Å². The first-order chi connectivity index (χ1) is 35.3. The van der Waals surface area contributed by atoms with Gasteiger partial charge in [0.1, 0.15) is 9.84 Å². The fourth-order valence-electron chi connectivity index (χ4n) is 8.42. The Balaban J connectivity index is 0.000000177. The molecule has 16 nitrogen and oxygen atoms in total. The fourth-order valence-corrected chi connectivity index (χ4v) is 8.42. The second-order valence-corrected chi connectivity index (χ2v) is 19.1. The summed E-state index contributed by atoms with van der Waals surface area (Å²) in [6.07, 6.45) is 2.32. The Kier molecular flexibility index (Phi) is 13.9. The van der Waals surface area contributed by atoms with Crippen molar-refractivity contribution in [2.24, 2.45) is 0 Å². The Labute approximate surface area is 424 Å². The smallest absolute Gasteiger partial charge is 0.266 e. The maximum atomic E-state index is 13.3. The average Bonchev–Trinajstić information content (AvgIpc) is 4.00. The van der Waals surface area contributed by atoms with E-state index in [0.29, 0.717) is 17.1 Å². The standard InChI is InChI=1S/C29H16N2O5.C24H14N2O5.C2H6O2S.C2H6/c32-25(17-11-13-21-23(15-17)28(35)30(26(21)33)19-7-3-1-4-8-19)18-12-14-22-24(16-18)29(36)31(27(22)34)20-9-5-2-6-10-20;1-25-21(28)16-9-7-13(11-18(16)22(25)29)20(27)14-8-10-17-19(12-14)24(31)26(23(17)30)15-5-3-2-4-6-15;1-5(2,3)4;1-2/h1-16H;2-12H,1H3;1-2H3;1-2H3. The zero-order valence-electron chi connectivity index (χ0n) is 40.2. The van der Waals surface area contributed by atoms with Gasteiger partial charge < -0.3 is 0 Å². The lowest BCUT2D eigenvalue weighted by atomic mass is 9.96. The first kappa shape index (κ1) is 50.8. The number of anilines is 3. The average molecular weight is 1010 g/mol. The Morgan fingerprint density at radius 2 is 0.527 bits per heavy atom. The van der Waals surface area contributed by atoms with Crippen LogP contribution in [0, 0.1) is 0 Å². The number of fused-ring (bicyclic) bond motifs is 4. The lowest BCUT2D eigenvalue weighted by Crippen LogP contribution is -2.29. The maximum Gasteiger partial charge on any atom is 0.266 e. The molecule has 74 heavy (non-hydrogen) atoms. The third-order valence-corrected chi connectivity index (χ3v) is 11.8. The molecule has 0 bridgehead atoms. The fraction of sp³-hybridized carbons (Fsp3) is 0.0877. The van der Waals surface area contributed by atoms with Crippen LogP contribution in [-0.2, 0) is 9.84 Å². The van der Waals surface area contributed by atoms with Crippen LogP contribution in [0.4, 0.5) is 17.1 Å². The second kappa shape index (κ2) is 20.2. The van der Waals surface area contributed by atoms with Gasteiger partial charge in [-0.25, -0.2) is 23.1 Å². The number of hydrogen-bond donors (Lipinski definition) is 0. The van der Waals surface area contributed by atoms with Crippen LogP contribution in [0.2, 0.25) is 0 Å². The number of carbonyl (C=O) groups excluding carboxylic acids is 10. The minimum Gasteiger partial charge on any atom is -0.289 e. The molecule has 7 aromatic rings. The minimum absolute atomic E-state index is 0.136. The topological polar surface area (TPSA) is 218 Å². The van der Waals surface area contributed by atoms with Crippen molar-refractivity contribution in [2.45, 2.75) is 13.8 Å². The van der Waals surface area contributed by atoms with E-state index in [-0.39, 0.29) is 66.8 Å². The van der Waals surface area contributed by atoms with Gasteiger partial charge in [0.05, 0.1) is 61.6 Å². The summed E-state index contributed by atoms with van der Waals surface area (Å²) in [5.74, 6) is -4.62. The molecule has 0 aromatic heterocycles. The predicted molar refractivity (Wildman–Crippen MR) is 274 cm³/mol. The number of hydrogen-bond acceptors (Lipinski definition) is 12. The van der Waals surface area contributed by atoms with Gasteiger partial charge in [-0.2, -0.15) is 0 Å². The van der Waals surface area contributed by atoms with Crippen molar-refractivity contribution in [3.8, 4) is 0 Å². The van der Waals surface area contributed by atoms with E-state index >= 15 is 0 Å². The number of ketones is 2. The molecule has 11 rings (SSSR count). The van der Waals surface area contributed by atoms with Crippen LogP contribution >= 0.6 is 0 Å². The highest BCUT2D eigenvalue weighted by Gasteiger charge is 2.40. The lowest BCUT2D eigenvalue weighted by molar-refractivity contribution is 0.0690. The number of benzene rings is 7. The number of carbonyl (C=O) groups is 10. The molecule has 4 aliphatic rings. The normalized spacial score (nSPS) is 14.1. The minimum atomic E-state index is -2.67. The van der Waals surface area contributed by atoms with Gasteiger partial charge in [0.2, 0.25) is 0 Å². The number of rotatable bonds is 7. The third-order valence-electron chi connectivity index (χ3n) is 11.8. The van der Waals surface area contributed by atoms with Crippen LogP contribution in [0.5, 0.6) is 0 Å². The SMILES string of the molecule is CC.CN1C(=O)c2ccc(C(=O)c3ccc4c(c3)C(=O)N(c3ccccc3)C4=O)cc2C1=O.CS(C)(=O)=O.O=C(c1ccc2c(c1)C(=O)N(c1ccccc1)C2=O)c1ccc2c(c1)C(=O)N(c1ccccc1)C2=O. The van der Waals surface area contributed by atoms with Gasteiger partial charge >= 0.3 is 0 Å². The van der Waals surface area contributed by atoms with E-state index in [1.54, 1.807) is 91.0 Å². The molecule has 0 atom stereocenters. The molecule has 0 saturated carbocycles. The molecule has 17 heteroatoms. The first-order valence-electron chi connectivity index (χ1n) is 22.8. The lowest BCUT2D eigenvalue weighted by Gasteiger charge is -2.13. The van der Waals surface area contributed by atoms with Gasteiger partial charge in [0.15, 0.2) is 11.6 Å². The Morgan fingerprint density at radius 3 is 0.784 bits per heavy atom. The van der Waals surface area contributed by atoms with E-state index in [1.165, 1.54) is 79.8 Å². The van der Waals surface area contributed by atoms with Gasteiger partial charge in [0.25, 0.3) is 47.3 Å². The monoisotopic (exact) mass is 1010 g/mol. The summed E-state index contributed by atoms with van der Waals surface area (Å²) in [6, 6.07) is 43.0. The van der Waals surface area contributed by atoms with Gasteiger partial charge in [-0.15, -0.1) is 0 Å². The van der Waals surface area contributed by atoms with Gasteiger partial charge in [-0.1, -0.05) is 92.7 Å². The molecule has 0 fully saturated rings. The molecular weight excluding hydrogens is 965 g/mol. The summed E-state index contributed by atoms with van der Waals surface area (Å²) in [6.45, 7) is 4.00. The Morgan fingerprint density at radius 1 is 0.324 bits per heavy atom. The molecule has 4 aliphatic heterocycles. The van der Waals surface area contributed by atoms with E-state index in [2.05, 4.69) is 0 Å². The van der Waals surface area contributed by atoms with Crippen LogP contribution in [0.3, 0.4) is 0 Å². The van der Waals surface area contributed by atoms with Crippen LogP contribution in [0.1, 0.15) is 129 Å². The summed E-state index contributed by atoms with van der Waals surface area (Å²) in [5, 5.41) is 0. The molecule has 368 valence electrons. The molecule has 0 spiro atoms. The van der Waals surface area contributed by atoms with Crippen molar-refractivity contribution in [3.05, 3.63) is 231 Å². The van der Waals surface area contributed by atoms with Gasteiger partial charge in [-0.3, -0.25) is 52.8 Å². The van der Waals surface area contributed by atoms with Crippen molar-refractivity contribution in [2.75, 3.05) is 34.3 Å². The summed E-state index contributed by atoms with van der Waals surface area (Å²) < 4.78 is 19.3. The maximum absolute atomic E-state index is 13.3. The molecule has 7 aromatic carbocycles. The molecular formula is C57H42N4O12S. The second-order valence-electron chi connectivity index (χ2n) is 16.9. The highest BCUT2D eigenvalue weighted by atomic mass is 32.2. The van der Waals surface area contributed by atoms with Crippen LogP contribution in [0.15, 0.2) is 164 Å². The number of amides is 8. The van der Waals surface area contributed by atoms with E-state index < -0.39 is 68.7 Å². The molecule has 4 heterocycles. The zero-order valence-corrected chi connectivity index (χ0v) is 41.0. The van der Waals surface area contributed by atoms with Crippen LogP contribution < -0.4 is 14.7 Å². The van der Waals surface area contributed by atoms with E-state index in [4.69, 9.17) is 0 Å². The first-order valence-corrected chi connectivity index (χ1v) is 25.1. The molecule has 0 N–H and O–H groups in total. The molecule has 0 aliphatic carbocycles. The van der Waals surface area contributed by atoms with Crippen molar-refractivity contribution >= 4 is 85.7 Å². The van der Waals surface area contributed by atoms with Crippen LogP contribution in [-0.4, -0.2) is 91.7 Å². The van der Waals surface area contributed by atoms with Crippen molar-refractivity contribution in [1.82, 2.24) is 4.90 Å². The zero-order chi connectivity index (χ0) is 53.3. The quantitative estimate of drug-likeness (QED) is 0.109. The number of nitrogens with zero attached hydrogens (tertiary/aromatic N) is 4. The van der Waals surface area contributed by atoms with Gasteiger partial charge in [-0.05, 0) is 84.9 Å². The molecule has 0 unspecified atom stereocenters. The summed E-state index contributed by atoms with van der Waals surface area (Å²) in [7, 11) is -1.28. The summed E-state index contributed by atoms with van der Waals surface area (Å²) in [5.41, 5.74) is 3.65. The molecule has 0 saturated heterocycles. The largest absolute Gasteiger partial charge is 0.289 e. The van der Waals surface area contributed by atoms with E-state index in [0.717, 1.165) is 32.1 Å². The van der Waals surface area contributed by atoms with Crippen molar-refractivity contribution in [1.29, 1.82) is 0 Å². The number of imide groups is 4. The van der Waals surface area contributed by atoms with Gasteiger partial charge in [0, 0.05) is 41.8 Å².